The number of pyridine rings is 1. The van der Waals surface area contributed by atoms with Crippen LogP contribution in [0.15, 0.2) is 42.6 Å². The molecule has 1 amide bonds. The third kappa shape index (κ3) is 2.79. The quantitative estimate of drug-likeness (QED) is 0.939. The minimum atomic E-state index is -0.373. The molecule has 5 nitrogen and oxygen atoms in total. The Morgan fingerprint density at radius 1 is 1.25 bits per heavy atom. The van der Waals surface area contributed by atoms with Gasteiger partial charge >= 0.3 is 0 Å². The molecule has 1 N–H and O–H groups in total. The van der Waals surface area contributed by atoms with Crippen molar-refractivity contribution in [3.8, 4) is 0 Å². The molecule has 0 aliphatic carbocycles. The van der Waals surface area contributed by atoms with Crippen LogP contribution >= 0.6 is 0 Å². The highest BCUT2D eigenvalue weighted by molar-refractivity contribution is 5.96. The fourth-order valence-corrected chi connectivity index (χ4v) is 3.40. The van der Waals surface area contributed by atoms with Gasteiger partial charge < -0.3 is 15.0 Å². The van der Waals surface area contributed by atoms with E-state index in [0.29, 0.717) is 31.9 Å². The van der Waals surface area contributed by atoms with Crippen molar-refractivity contribution in [2.45, 2.75) is 25.1 Å². The monoisotopic (exact) mass is 327 g/mol. The molecule has 1 aromatic carbocycles. The van der Waals surface area contributed by atoms with Gasteiger partial charge in [0.1, 0.15) is 5.82 Å². The van der Waals surface area contributed by atoms with Gasteiger partial charge in [0, 0.05) is 25.2 Å². The van der Waals surface area contributed by atoms with E-state index in [0.717, 1.165) is 11.3 Å². The average molecular weight is 327 g/mol. The summed E-state index contributed by atoms with van der Waals surface area (Å²) in [5.74, 6) is -0.442. The largest absolute Gasteiger partial charge is 0.373 e. The summed E-state index contributed by atoms with van der Waals surface area (Å²) < 4.78 is 19.5. The summed E-state index contributed by atoms with van der Waals surface area (Å²) in [6.07, 6.45) is 2.10. The Balaban J connectivity index is 1.50. The van der Waals surface area contributed by atoms with Crippen LogP contribution in [0, 0.1) is 5.82 Å². The fraction of sp³-hybridized carbons (Fsp3) is 0.333. The van der Waals surface area contributed by atoms with Crippen LogP contribution in [0.3, 0.4) is 0 Å². The standard InChI is InChI=1S/C18H18FN3O2/c19-14-5-1-2-6-17(14)22-9-12(8-18(22)23)21-16-11-24-10-15-13(16)4-3-7-20-15/h1-7,12,16,21H,8-11H2. The normalized spacial score (nSPS) is 23.4. The molecule has 124 valence electrons. The summed E-state index contributed by atoms with van der Waals surface area (Å²) in [5.41, 5.74) is 2.38. The molecule has 2 aliphatic rings. The average Bonchev–Trinajstić information content (AvgIpc) is 2.96. The number of amides is 1. The molecule has 0 saturated carbocycles. The number of rotatable bonds is 3. The molecule has 2 aliphatic heterocycles. The smallest absolute Gasteiger partial charge is 0.228 e. The zero-order valence-corrected chi connectivity index (χ0v) is 13.1. The van der Waals surface area contributed by atoms with Gasteiger partial charge in [-0.25, -0.2) is 4.39 Å². The first-order valence-corrected chi connectivity index (χ1v) is 8.05. The SMILES string of the molecule is O=C1CC(NC2COCc3ncccc32)CN1c1ccccc1F. The van der Waals surface area contributed by atoms with E-state index in [2.05, 4.69) is 10.3 Å². The van der Waals surface area contributed by atoms with E-state index in [9.17, 15) is 9.18 Å². The number of carbonyl (C=O) groups is 1. The number of nitrogens with one attached hydrogen (secondary N) is 1. The lowest BCUT2D eigenvalue weighted by Gasteiger charge is -2.28. The predicted molar refractivity (Wildman–Crippen MR) is 86.9 cm³/mol. The molecule has 2 atom stereocenters. The number of fused-ring (bicyclic) bond motifs is 1. The molecule has 0 bridgehead atoms. The Kier molecular flexibility index (Phi) is 4.00. The summed E-state index contributed by atoms with van der Waals surface area (Å²) in [5, 5.41) is 3.47. The number of halogens is 1. The highest BCUT2D eigenvalue weighted by atomic mass is 19.1. The van der Waals surface area contributed by atoms with Gasteiger partial charge in [-0.15, -0.1) is 0 Å². The van der Waals surface area contributed by atoms with Gasteiger partial charge in [0.15, 0.2) is 0 Å². The maximum absolute atomic E-state index is 14.0. The van der Waals surface area contributed by atoms with Crippen LogP contribution in [-0.4, -0.2) is 30.1 Å². The lowest BCUT2D eigenvalue weighted by Crippen LogP contribution is -2.39. The third-order valence-electron chi connectivity index (χ3n) is 4.53. The van der Waals surface area contributed by atoms with Crippen molar-refractivity contribution >= 4 is 11.6 Å². The molecule has 0 radical (unpaired) electrons. The minimum Gasteiger partial charge on any atom is -0.373 e. The van der Waals surface area contributed by atoms with Gasteiger partial charge in [0.2, 0.25) is 5.91 Å². The minimum absolute atomic E-state index is 0.000760. The Morgan fingerprint density at radius 2 is 2.12 bits per heavy atom. The number of carbonyl (C=O) groups excluding carboxylic acids is 1. The molecule has 1 saturated heterocycles. The molecule has 2 aromatic rings. The molecule has 3 heterocycles. The van der Waals surface area contributed by atoms with Crippen LogP contribution in [0.2, 0.25) is 0 Å². The number of aromatic nitrogens is 1. The molecular weight excluding hydrogens is 309 g/mol. The number of nitrogens with zero attached hydrogens (tertiary/aromatic N) is 2. The van der Waals surface area contributed by atoms with Crippen molar-refractivity contribution in [1.82, 2.24) is 10.3 Å². The lowest BCUT2D eigenvalue weighted by molar-refractivity contribution is -0.117. The van der Waals surface area contributed by atoms with E-state index in [1.54, 1.807) is 24.4 Å². The molecule has 6 heteroatoms. The number of hydrogen-bond donors (Lipinski definition) is 1. The number of benzene rings is 1. The maximum Gasteiger partial charge on any atom is 0.228 e. The van der Waals surface area contributed by atoms with Crippen molar-refractivity contribution in [3.63, 3.8) is 0 Å². The van der Waals surface area contributed by atoms with E-state index in [1.807, 2.05) is 12.1 Å². The van der Waals surface area contributed by atoms with Gasteiger partial charge in [-0.2, -0.15) is 0 Å². The number of ether oxygens (including phenoxy) is 1. The summed E-state index contributed by atoms with van der Waals surface area (Å²) in [7, 11) is 0. The van der Waals surface area contributed by atoms with E-state index < -0.39 is 0 Å². The van der Waals surface area contributed by atoms with E-state index >= 15 is 0 Å². The fourth-order valence-electron chi connectivity index (χ4n) is 3.40. The van der Waals surface area contributed by atoms with E-state index in [1.165, 1.54) is 11.0 Å². The van der Waals surface area contributed by atoms with Crippen molar-refractivity contribution in [1.29, 1.82) is 0 Å². The van der Waals surface area contributed by atoms with E-state index in [-0.39, 0.29) is 23.8 Å². The molecule has 24 heavy (non-hydrogen) atoms. The van der Waals surface area contributed by atoms with Gasteiger partial charge in [-0.05, 0) is 23.8 Å². The molecule has 4 rings (SSSR count). The first kappa shape index (κ1) is 15.2. The van der Waals surface area contributed by atoms with Gasteiger partial charge in [-0.1, -0.05) is 18.2 Å². The maximum atomic E-state index is 14.0. The van der Waals surface area contributed by atoms with Crippen LogP contribution in [0.5, 0.6) is 0 Å². The zero-order valence-electron chi connectivity index (χ0n) is 13.1. The summed E-state index contributed by atoms with van der Waals surface area (Å²) in [4.78, 5) is 18.2. The highest BCUT2D eigenvalue weighted by Crippen LogP contribution is 2.28. The van der Waals surface area contributed by atoms with Crippen molar-refractivity contribution in [2.24, 2.45) is 0 Å². The molecular formula is C18H18FN3O2. The topological polar surface area (TPSA) is 54.5 Å². The number of para-hydroxylation sites is 1. The first-order chi connectivity index (χ1) is 11.7. The van der Waals surface area contributed by atoms with Crippen LogP contribution < -0.4 is 10.2 Å². The number of hydrogen-bond acceptors (Lipinski definition) is 4. The Hall–Kier alpha value is -2.31. The van der Waals surface area contributed by atoms with Crippen LogP contribution in [0.25, 0.3) is 0 Å². The Morgan fingerprint density at radius 3 is 3.00 bits per heavy atom. The predicted octanol–water partition coefficient (Wildman–Crippen LogP) is 2.19. The van der Waals surface area contributed by atoms with Crippen molar-refractivity contribution < 1.29 is 13.9 Å². The molecule has 1 aromatic heterocycles. The zero-order chi connectivity index (χ0) is 16.5. The van der Waals surface area contributed by atoms with Gasteiger partial charge in [0.05, 0.1) is 30.6 Å². The Labute approximate surface area is 139 Å². The molecule has 2 unspecified atom stereocenters. The van der Waals surface area contributed by atoms with Crippen LogP contribution in [0.1, 0.15) is 23.7 Å². The second kappa shape index (κ2) is 6.30. The van der Waals surface area contributed by atoms with Crippen LogP contribution in [-0.2, 0) is 16.1 Å². The van der Waals surface area contributed by atoms with Gasteiger partial charge in [-0.3, -0.25) is 9.78 Å². The summed E-state index contributed by atoms with van der Waals surface area (Å²) >= 11 is 0. The second-order valence-electron chi connectivity index (χ2n) is 6.13. The highest BCUT2D eigenvalue weighted by Gasteiger charge is 2.34. The van der Waals surface area contributed by atoms with Crippen LogP contribution in [0.4, 0.5) is 10.1 Å². The van der Waals surface area contributed by atoms with Crippen molar-refractivity contribution in [2.75, 3.05) is 18.1 Å². The van der Waals surface area contributed by atoms with Crippen molar-refractivity contribution in [3.05, 3.63) is 59.7 Å². The molecule has 1 fully saturated rings. The Bertz CT molecular complexity index is 767. The first-order valence-electron chi connectivity index (χ1n) is 8.05. The lowest BCUT2D eigenvalue weighted by atomic mass is 10.0. The third-order valence-corrected chi connectivity index (χ3v) is 4.53. The molecule has 0 spiro atoms. The second-order valence-corrected chi connectivity index (χ2v) is 6.13. The summed E-state index contributed by atoms with van der Waals surface area (Å²) in [6, 6.07) is 10.3. The van der Waals surface area contributed by atoms with E-state index in [4.69, 9.17) is 4.74 Å². The van der Waals surface area contributed by atoms with Gasteiger partial charge in [0.25, 0.3) is 0 Å². The number of anilines is 1. The summed E-state index contributed by atoms with van der Waals surface area (Å²) in [6.45, 7) is 1.51.